The molecule has 0 unspecified atom stereocenters. The fraction of sp³-hybridized carbons (Fsp3) is 0.467. The maximum atomic E-state index is 11.2. The molecule has 0 aliphatic heterocycles. The first-order valence-corrected chi connectivity index (χ1v) is 6.58. The van der Waals surface area contributed by atoms with Crippen molar-refractivity contribution in [2.45, 2.75) is 46.7 Å². The summed E-state index contributed by atoms with van der Waals surface area (Å²) in [7, 11) is 0. The van der Waals surface area contributed by atoms with Gasteiger partial charge in [0.15, 0.2) is 0 Å². The van der Waals surface area contributed by atoms with E-state index in [4.69, 9.17) is 18.9 Å². The van der Waals surface area contributed by atoms with Gasteiger partial charge in [0, 0.05) is 39.3 Å². The summed E-state index contributed by atoms with van der Waals surface area (Å²) in [6.07, 6.45) is 0.854. The normalized spacial score (nSPS) is 11.5. The summed E-state index contributed by atoms with van der Waals surface area (Å²) in [6, 6.07) is 0. The van der Waals surface area contributed by atoms with Crippen LogP contribution in [0.1, 0.15) is 34.6 Å². The molecule has 0 spiro atoms. The van der Waals surface area contributed by atoms with Crippen molar-refractivity contribution < 1.29 is 38.1 Å². The van der Waals surface area contributed by atoms with Crippen LogP contribution in [0.5, 0.6) is 0 Å². The Hall–Kier alpha value is -2.64. The minimum absolute atomic E-state index is 0.151. The molecule has 128 valence electrons. The van der Waals surface area contributed by atoms with Crippen LogP contribution in [0.15, 0.2) is 24.3 Å². The molecule has 0 aromatic rings. The molecule has 0 aliphatic carbocycles. The number of esters is 4. The number of hydrogen-bond donors (Lipinski definition) is 0. The molecule has 0 atom stereocenters. The standard InChI is InChI=1S/C15H20O8/c1-7-15(22-12(5)18,23-13(6)19)8-9(2)14(20-10(3)16)21-11(4)17/h7-8,14H,1H2,2-6H3. The molecule has 8 heteroatoms. The van der Waals surface area contributed by atoms with E-state index >= 15 is 0 Å². The molecule has 0 aliphatic rings. The first-order valence-electron chi connectivity index (χ1n) is 6.58. The second-order valence-corrected chi connectivity index (χ2v) is 4.55. The van der Waals surface area contributed by atoms with Crippen molar-refractivity contribution in [2.75, 3.05) is 0 Å². The van der Waals surface area contributed by atoms with Gasteiger partial charge < -0.3 is 18.9 Å². The van der Waals surface area contributed by atoms with Crippen LogP contribution in [-0.2, 0) is 38.1 Å². The molecule has 0 aromatic heterocycles. The van der Waals surface area contributed by atoms with E-state index in [9.17, 15) is 19.2 Å². The number of carbonyl (C=O) groups is 4. The molecule has 0 amide bonds. The average molecular weight is 328 g/mol. The minimum atomic E-state index is -1.92. The van der Waals surface area contributed by atoms with E-state index in [1.807, 2.05) is 0 Å². The second-order valence-electron chi connectivity index (χ2n) is 4.55. The Morgan fingerprint density at radius 3 is 1.48 bits per heavy atom. The van der Waals surface area contributed by atoms with Gasteiger partial charge in [0.25, 0.3) is 12.1 Å². The number of hydrogen-bond acceptors (Lipinski definition) is 8. The lowest BCUT2D eigenvalue weighted by atomic mass is 10.1. The Balaban J connectivity index is 5.73. The SMILES string of the molecule is C=CC(C=C(C)C(OC(C)=O)OC(C)=O)(OC(C)=O)OC(C)=O. The van der Waals surface area contributed by atoms with Crippen LogP contribution in [0, 0.1) is 0 Å². The molecule has 0 aromatic carbocycles. The molecule has 23 heavy (non-hydrogen) atoms. The van der Waals surface area contributed by atoms with Crippen LogP contribution < -0.4 is 0 Å². The summed E-state index contributed by atoms with van der Waals surface area (Å²) in [5.74, 6) is -4.81. The largest absolute Gasteiger partial charge is 0.421 e. The van der Waals surface area contributed by atoms with Crippen LogP contribution in [0.4, 0.5) is 0 Å². The Labute approximate surface area is 134 Å². The predicted molar refractivity (Wildman–Crippen MR) is 77.5 cm³/mol. The van der Waals surface area contributed by atoms with Gasteiger partial charge in [0.05, 0.1) is 0 Å². The summed E-state index contributed by atoms with van der Waals surface area (Å²) in [6.45, 7) is 9.37. The highest BCUT2D eigenvalue weighted by molar-refractivity contribution is 5.70. The Kier molecular flexibility index (Phi) is 7.72. The van der Waals surface area contributed by atoms with Gasteiger partial charge in [-0.1, -0.05) is 6.58 Å². The van der Waals surface area contributed by atoms with Crippen LogP contribution in [0.2, 0.25) is 0 Å². The molecule has 0 rings (SSSR count). The van der Waals surface area contributed by atoms with Crippen LogP contribution in [-0.4, -0.2) is 36.0 Å². The summed E-state index contributed by atoms with van der Waals surface area (Å²) >= 11 is 0. The summed E-state index contributed by atoms with van der Waals surface area (Å²) in [5.41, 5.74) is 0.151. The van der Waals surface area contributed by atoms with E-state index in [1.165, 1.54) is 6.92 Å². The first kappa shape index (κ1) is 20.4. The van der Waals surface area contributed by atoms with Gasteiger partial charge in [-0.15, -0.1) is 0 Å². The molecule has 0 saturated heterocycles. The molecule has 0 saturated carbocycles. The van der Waals surface area contributed by atoms with Crippen molar-refractivity contribution in [1.82, 2.24) is 0 Å². The molecule has 0 heterocycles. The lowest BCUT2D eigenvalue weighted by Gasteiger charge is -2.27. The van der Waals surface area contributed by atoms with Gasteiger partial charge in [-0.3, -0.25) is 19.2 Å². The molecular formula is C15H20O8. The summed E-state index contributed by atoms with van der Waals surface area (Å²) in [5, 5.41) is 0. The third-order valence-corrected chi connectivity index (χ3v) is 2.24. The van der Waals surface area contributed by atoms with Crippen molar-refractivity contribution in [3.05, 3.63) is 24.3 Å². The smallest absolute Gasteiger partial charge is 0.306 e. The minimum Gasteiger partial charge on any atom is -0.421 e. The van der Waals surface area contributed by atoms with Crippen molar-refractivity contribution in [2.24, 2.45) is 0 Å². The Morgan fingerprint density at radius 1 is 0.826 bits per heavy atom. The van der Waals surface area contributed by atoms with Gasteiger partial charge >= 0.3 is 23.9 Å². The van der Waals surface area contributed by atoms with Gasteiger partial charge in [0.1, 0.15) is 0 Å². The molecule has 8 nitrogen and oxygen atoms in total. The number of rotatable bonds is 7. The second kappa shape index (κ2) is 8.72. The zero-order valence-corrected chi connectivity index (χ0v) is 13.7. The van der Waals surface area contributed by atoms with E-state index in [0.29, 0.717) is 0 Å². The Bertz CT molecular complexity index is 500. The fourth-order valence-corrected chi connectivity index (χ4v) is 1.57. The molecule has 0 fully saturated rings. The highest BCUT2D eigenvalue weighted by Gasteiger charge is 2.33. The zero-order chi connectivity index (χ0) is 18.2. The zero-order valence-electron chi connectivity index (χ0n) is 13.7. The molecule has 0 radical (unpaired) electrons. The van der Waals surface area contributed by atoms with Crippen LogP contribution in [0.3, 0.4) is 0 Å². The predicted octanol–water partition coefficient (Wildman–Crippen LogP) is 1.39. The van der Waals surface area contributed by atoms with Crippen LogP contribution >= 0.6 is 0 Å². The average Bonchev–Trinajstić information content (AvgIpc) is 2.34. The number of carbonyl (C=O) groups excluding carboxylic acids is 4. The van der Waals surface area contributed by atoms with Crippen molar-refractivity contribution in [3.8, 4) is 0 Å². The van der Waals surface area contributed by atoms with Gasteiger partial charge in [0.2, 0.25) is 0 Å². The monoisotopic (exact) mass is 328 g/mol. The quantitative estimate of drug-likeness (QED) is 0.392. The third-order valence-electron chi connectivity index (χ3n) is 2.24. The fourth-order valence-electron chi connectivity index (χ4n) is 1.57. The van der Waals surface area contributed by atoms with Crippen molar-refractivity contribution in [1.29, 1.82) is 0 Å². The topological polar surface area (TPSA) is 105 Å². The first-order chi connectivity index (χ1) is 10.5. The Morgan fingerprint density at radius 2 is 1.22 bits per heavy atom. The van der Waals surface area contributed by atoms with E-state index < -0.39 is 36.0 Å². The van der Waals surface area contributed by atoms with E-state index in [-0.39, 0.29) is 5.57 Å². The van der Waals surface area contributed by atoms with Crippen molar-refractivity contribution in [3.63, 3.8) is 0 Å². The molecular weight excluding hydrogens is 308 g/mol. The summed E-state index contributed by atoms with van der Waals surface area (Å²) in [4.78, 5) is 44.7. The van der Waals surface area contributed by atoms with E-state index in [2.05, 4.69) is 6.58 Å². The van der Waals surface area contributed by atoms with Crippen molar-refractivity contribution >= 4 is 23.9 Å². The summed E-state index contributed by atoms with van der Waals surface area (Å²) < 4.78 is 19.7. The molecule has 0 N–H and O–H groups in total. The van der Waals surface area contributed by atoms with Gasteiger partial charge in [-0.05, 0) is 13.0 Å². The lowest BCUT2D eigenvalue weighted by Crippen LogP contribution is -2.36. The number of ether oxygens (including phenoxy) is 4. The maximum absolute atomic E-state index is 11.2. The maximum Gasteiger partial charge on any atom is 0.306 e. The third kappa shape index (κ3) is 7.79. The highest BCUT2D eigenvalue weighted by atomic mass is 16.7. The van der Waals surface area contributed by atoms with E-state index in [1.54, 1.807) is 0 Å². The highest BCUT2D eigenvalue weighted by Crippen LogP contribution is 2.22. The van der Waals surface area contributed by atoms with Crippen LogP contribution in [0.25, 0.3) is 0 Å². The van der Waals surface area contributed by atoms with E-state index in [0.717, 1.165) is 39.8 Å². The molecule has 0 bridgehead atoms. The van der Waals surface area contributed by atoms with Gasteiger partial charge in [-0.2, -0.15) is 0 Å². The lowest BCUT2D eigenvalue weighted by molar-refractivity contribution is -0.197. The van der Waals surface area contributed by atoms with Gasteiger partial charge in [-0.25, -0.2) is 0 Å².